The Balaban J connectivity index is 1.81. The van der Waals surface area contributed by atoms with Gasteiger partial charge in [0.1, 0.15) is 12.2 Å². The van der Waals surface area contributed by atoms with Crippen molar-refractivity contribution in [3.63, 3.8) is 0 Å². The Kier molecular flexibility index (Phi) is 3.94. The van der Waals surface area contributed by atoms with Gasteiger partial charge >= 0.3 is 0 Å². The molecule has 0 aromatic carbocycles. The number of aliphatic hydroxyl groups excluding tert-OH is 2. The van der Waals surface area contributed by atoms with E-state index in [0.717, 1.165) is 5.57 Å². The van der Waals surface area contributed by atoms with E-state index >= 15 is 0 Å². The van der Waals surface area contributed by atoms with Crippen molar-refractivity contribution in [2.45, 2.75) is 63.3 Å². The third-order valence-corrected chi connectivity index (χ3v) is 8.44. The lowest BCUT2D eigenvalue weighted by Crippen LogP contribution is -2.69. The quantitative estimate of drug-likeness (QED) is 0.563. The molecule has 6 heteroatoms. The van der Waals surface area contributed by atoms with Crippen molar-refractivity contribution in [1.82, 2.24) is 0 Å². The van der Waals surface area contributed by atoms with E-state index in [-0.39, 0.29) is 36.9 Å². The fourth-order valence-electron chi connectivity index (χ4n) is 6.86. The molecule has 0 amide bonds. The summed E-state index contributed by atoms with van der Waals surface area (Å²) in [6, 6.07) is 0. The molecule has 0 heterocycles. The molecule has 27 heavy (non-hydrogen) atoms. The second-order valence-corrected chi connectivity index (χ2v) is 9.33. The summed E-state index contributed by atoms with van der Waals surface area (Å²) in [5.41, 5.74) is -3.96. The van der Waals surface area contributed by atoms with Crippen molar-refractivity contribution < 1.29 is 30.0 Å². The van der Waals surface area contributed by atoms with Gasteiger partial charge in [0.25, 0.3) is 0 Å². The first-order chi connectivity index (χ1) is 12.5. The number of ketones is 2. The standard InChI is InChI=1S/C21H28O6/c1-18-6-5-13(23)9-12(18)3-4-14-17(18)15(24)10-19(2)20(14,26)7-8-21(19,27)16(25)11-22/h5-6,9,14-15,17,22,24,26-27H,3-4,7-8,10-11H2,1-2H3/t14-,15+,17+,18+,19+,20+,21-/m1/s1. The predicted octanol–water partition coefficient (Wildman–Crippen LogP) is 0.672. The second kappa shape index (κ2) is 5.60. The third kappa shape index (κ3) is 2.10. The van der Waals surface area contributed by atoms with Gasteiger partial charge in [-0.3, -0.25) is 9.59 Å². The Morgan fingerprint density at radius 3 is 2.63 bits per heavy atom. The van der Waals surface area contributed by atoms with Crippen LogP contribution in [0.5, 0.6) is 0 Å². The maximum absolute atomic E-state index is 12.4. The largest absolute Gasteiger partial charge is 0.393 e. The minimum Gasteiger partial charge on any atom is -0.393 e. The fraction of sp³-hybridized carbons (Fsp3) is 0.714. The van der Waals surface area contributed by atoms with Gasteiger partial charge in [-0.15, -0.1) is 0 Å². The SMILES string of the molecule is C[C@]12C[C@H](O)[C@@H]3[C@@H](CCC4=CC(=O)C=C[C@@]43C)[C@@]1(O)CC[C@@]2(O)C(=O)CO. The van der Waals surface area contributed by atoms with Crippen molar-refractivity contribution in [3.05, 3.63) is 23.8 Å². The third-order valence-electron chi connectivity index (χ3n) is 8.44. The van der Waals surface area contributed by atoms with Crippen LogP contribution in [0.1, 0.15) is 46.0 Å². The normalized spacial score (nSPS) is 51.3. The Bertz CT molecular complexity index is 771. The van der Waals surface area contributed by atoms with Crippen LogP contribution in [-0.2, 0) is 9.59 Å². The van der Waals surface area contributed by atoms with Gasteiger partial charge < -0.3 is 20.4 Å². The van der Waals surface area contributed by atoms with Crippen LogP contribution >= 0.6 is 0 Å². The van der Waals surface area contributed by atoms with E-state index in [1.54, 1.807) is 13.0 Å². The van der Waals surface area contributed by atoms with Gasteiger partial charge in [-0.2, -0.15) is 0 Å². The molecule has 0 radical (unpaired) electrons. The van der Waals surface area contributed by atoms with Crippen LogP contribution in [0.4, 0.5) is 0 Å². The van der Waals surface area contributed by atoms with Crippen molar-refractivity contribution in [1.29, 1.82) is 0 Å². The van der Waals surface area contributed by atoms with E-state index in [1.165, 1.54) is 6.08 Å². The Morgan fingerprint density at radius 2 is 1.96 bits per heavy atom. The maximum atomic E-state index is 12.4. The van der Waals surface area contributed by atoms with Crippen LogP contribution < -0.4 is 0 Å². The number of Topliss-reactive ketones (excluding diaryl/α,β-unsaturated/α-hetero) is 1. The summed E-state index contributed by atoms with van der Waals surface area (Å²) in [5, 5.41) is 43.5. The average molecular weight is 376 g/mol. The molecule has 3 fully saturated rings. The molecule has 0 aliphatic heterocycles. The summed E-state index contributed by atoms with van der Waals surface area (Å²) in [4.78, 5) is 24.2. The molecule has 0 aromatic rings. The number of fused-ring (bicyclic) bond motifs is 5. The molecule has 7 atom stereocenters. The number of hydrogen-bond acceptors (Lipinski definition) is 6. The Morgan fingerprint density at radius 1 is 1.26 bits per heavy atom. The van der Waals surface area contributed by atoms with Gasteiger partial charge in [-0.25, -0.2) is 0 Å². The van der Waals surface area contributed by atoms with E-state index in [4.69, 9.17) is 0 Å². The number of carbonyl (C=O) groups excluding carboxylic acids is 2. The first kappa shape index (κ1) is 19.0. The number of carbonyl (C=O) groups is 2. The highest BCUT2D eigenvalue weighted by atomic mass is 16.3. The summed E-state index contributed by atoms with van der Waals surface area (Å²) >= 11 is 0. The lowest BCUT2D eigenvalue weighted by Gasteiger charge is -2.62. The molecule has 0 aromatic heterocycles. The summed E-state index contributed by atoms with van der Waals surface area (Å²) in [6.07, 6.45) is 5.76. The molecular weight excluding hydrogens is 348 g/mol. The monoisotopic (exact) mass is 376 g/mol. The molecule has 0 saturated heterocycles. The van der Waals surface area contributed by atoms with Crippen molar-refractivity contribution in [2.24, 2.45) is 22.7 Å². The van der Waals surface area contributed by atoms with E-state index in [1.807, 2.05) is 13.0 Å². The minimum absolute atomic E-state index is 0.0569. The van der Waals surface area contributed by atoms with Gasteiger partial charge in [0.2, 0.25) is 0 Å². The van der Waals surface area contributed by atoms with E-state index in [2.05, 4.69) is 0 Å². The van der Waals surface area contributed by atoms with E-state index in [0.29, 0.717) is 12.8 Å². The Hall–Kier alpha value is -1.34. The number of hydrogen-bond donors (Lipinski definition) is 4. The van der Waals surface area contributed by atoms with Gasteiger partial charge in [-0.1, -0.05) is 25.5 Å². The molecule has 0 unspecified atom stereocenters. The van der Waals surface area contributed by atoms with Gasteiger partial charge in [0.05, 0.1) is 11.7 Å². The summed E-state index contributed by atoms with van der Waals surface area (Å²) < 4.78 is 0. The molecule has 4 N–H and O–H groups in total. The fourth-order valence-corrected chi connectivity index (χ4v) is 6.86. The molecular formula is C21H28O6. The van der Waals surface area contributed by atoms with Crippen LogP contribution in [0.15, 0.2) is 23.8 Å². The zero-order valence-corrected chi connectivity index (χ0v) is 15.8. The van der Waals surface area contributed by atoms with Crippen LogP contribution in [0.2, 0.25) is 0 Å². The van der Waals surface area contributed by atoms with Crippen molar-refractivity contribution >= 4 is 11.6 Å². The zero-order valence-electron chi connectivity index (χ0n) is 15.8. The smallest absolute Gasteiger partial charge is 0.190 e. The van der Waals surface area contributed by atoms with Crippen LogP contribution in [0.25, 0.3) is 0 Å². The zero-order chi connectivity index (χ0) is 19.8. The molecule has 148 valence electrons. The average Bonchev–Trinajstić information content (AvgIpc) is 2.83. The topological polar surface area (TPSA) is 115 Å². The van der Waals surface area contributed by atoms with Gasteiger partial charge in [-0.05, 0) is 50.2 Å². The lowest BCUT2D eigenvalue weighted by atomic mass is 9.44. The highest BCUT2D eigenvalue weighted by molar-refractivity contribution is 6.01. The molecule has 6 nitrogen and oxygen atoms in total. The summed E-state index contributed by atoms with van der Waals surface area (Å²) in [5.74, 6) is -1.37. The molecule has 4 rings (SSSR count). The summed E-state index contributed by atoms with van der Waals surface area (Å²) in [6.45, 7) is 2.87. The van der Waals surface area contributed by atoms with Gasteiger partial charge in [0, 0.05) is 16.7 Å². The van der Waals surface area contributed by atoms with E-state index < -0.39 is 40.5 Å². The highest BCUT2D eigenvalue weighted by Gasteiger charge is 2.74. The first-order valence-corrected chi connectivity index (χ1v) is 9.75. The molecule has 4 aliphatic carbocycles. The van der Waals surface area contributed by atoms with Crippen LogP contribution in [0.3, 0.4) is 0 Å². The highest BCUT2D eigenvalue weighted by Crippen LogP contribution is 2.68. The predicted molar refractivity (Wildman–Crippen MR) is 96.5 cm³/mol. The summed E-state index contributed by atoms with van der Waals surface area (Å²) in [7, 11) is 0. The lowest BCUT2D eigenvalue weighted by molar-refractivity contribution is -0.239. The van der Waals surface area contributed by atoms with Crippen LogP contribution in [-0.4, -0.2) is 55.9 Å². The van der Waals surface area contributed by atoms with Crippen LogP contribution in [0, 0.1) is 22.7 Å². The molecule has 4 aliphatic rings. The number of allylic oxidation sites excluding steroid dienone is 4. The minimum atomic E-state index is -1.85. The number of rotatable bonds is 2. The molecule has 0 bridgehead atoms. The van der Waals surface area contributed by atoms with Crippen molar-refractivity contribution in [3.8, 4) is 0 Å². The maximum Gasteiger partial charge on any atom is 0.190 e. The Labute approximate surface area is 158 Å². The second-order valence-electron chi connectivity index (χ2n) is 9.33. The van der Waals surface area contributed by atoms with E-state index in [9.17, 15) is 30.0 Å². The van der Waals surface area contributed by atoms with Gasteiger partial charge in [0.15, 0.2) is 11.6 Å². The van der Waals surface area contributed by atoms with Crippen molar-refractivity contribution in [2.75, 3.05) is 6.61 Å². The molecule has 3 saturated carbocycles. The molecule has 0 spiro atoms. The first-order valence-electron chi connectivity index (χ1n) is 9.75. The number of aliphatic hydroxyl groups is 4.